The van der Waals surface area contributed by atoms with E-state index < -0.39 is 28.7 Å². The van der Waals surface area contributed by atoms with Gasteiger partial charge in [-0.05, 0) is 95.5 Å². The highest BCUT2D eigenvalue weighted by Gasteiger charge is 2.71. The van der Waals surface area contributed by atoms with E-state index in [0.717, 1.165) is 31.1 Å². The first-order valence-corrected chi connectivity index (χ1v) is 15.8. The zero-order valence-corrected chi connectivity index (χ0v) is 24.8. The number of carbonyl (C=O) groups is 2. The Kier molecular flexibility index (Phi) is 6.46. The molecule has 12 atom stereocenters. The van der Waals surface area contributed by atoms with Crippen LogP contribution in [0.15, 0.2) is 11.6 Å². The molecule has 3 heterocycles. The maximum atomic E-state index is 13.1. The van der Waals surface area contributed by atoms with Crippen molar-refractivity contribution in [2.24, 2.45) is 28.6 Å². The zero-order valence-electron chi connectivity index (χ0n) is 24.8. The highest BCUT2D eigenvalue weighted by molar-refractivity contribution is 5.85. The summed E-state index contributed by atoms with van der Waals surface area (Å²) in [5.74, 6) is -1.02. The molecule has 0 bridgehead atoms. The Bertz CT molecular complexity index is 1140. The van der Waals surface area contributed by atoms with Gasteiger partial charge in [-0.2, -0.15) is 0 Å². The largest absolute Gasteiger partial charge is 0.458 e. The van der Waals surface area contributed by atoms with Crippen LogP contribution in [0.4, 0.5) is 0 Å². The number of hydrogen-bond acceptors (Lipinski definition) is 9. The Labute approximate surface area is 242 Å². The molecule has 2 N–H and O–H groups in total. The molecule has 3 aliphatic heterocycles. The van der Waals surface area contributed by atoms with Gasteiger partial charge in [0.05, 0.1) is 34.9 Å². The molecule has 41 heavy (non-hydrogen) atoms. The molecule has 6 fully saturated rings. The zero-order chi connectivity index (χ0) is 29.0. The van der Waals surface area contributed by atoms with Crippen molar-refractivity contribution in [2.75, 3.05) is 6.61 Å². The molecule has 0 amide bonds. The van der Waals surface area contributed by atoms with E-state index in [9.17, 15) is 19.8 Å². The molecule has 0 aromatic heterocycles. The van der Waals surface area contributed by atoms with E-state index in [2.05, 4.69) is 6.92 Å². The average molecular weight is 575 g/mol. The van der Waals surface area contributed by atoms with Crippen LogP contribution in [0.5, 0.6) is 0 Å². The minimum Gasteiger partial charge on any atom is -0.458 e. The first kappa shape index (κ1) is 28.4. The van der Waals surface area contributed by atoms with E-state index in [1.54, 1.807) is 6.08 Å². The number of carbonyl (C=O) groups excluding carboxylic acids is 2. The van der Waals surface area contributed by atoms with Crippen molar-refractivity contribution in [1.29, 1.82) is 0 Å². The molecule has 7 rings (SSSR count). The number of rotatable bonds is 4. The molecule has 4 saturated carbocycles. The summed E-state index contributed by atoms with van der Waals surface area (Å²) in [6.45, 7) is 8.28. The van der Waals surface area contributed by atoms with Gasteiger partial charge in [-0.15, -0.1) is 0 Å². The van der Waals surface area contributed by atoms with E-state index in [0.29, 0.717) is 51.6 Å². The molecule has 0 radical (unpaired) electrons. The molecule has 0 aromatic rings. The molecule has 2 saturated heterocycles. The van der Waals surface area contributed by atoms with Crippen molar-refractivity contribution in [1.82, 2.24) is 0 Å². The molecule has 0 aromatic carbocycles. The van der Waals surface area contributed by atoms with Crippen molar-refractivity contribution in [2.45, 2.75) is 140 Å². The maximum Gasteiger partial charge on any atom is 0.331 e. The molecule has 6 unspecified atom stereocenters. The lowest BCUT2D eigenvalue weighted by atomic mass is 9.41. The molecule has 4 aliphatic carbocycles. The summed E-state index contributed by atoms with van der Waals surface area (Å²) in [6, 6.07) is 0. The predicted octanol–water partition coefficient (Wildman–Crippen LogP) is 3.58. The Morgan fingerprint density at radius 2 is 1.78 bits per heavy atom. The normalized spacial score (nSPS) is 53.9. The van der Waals surface area contributed by atoms with E-state index in [-0.39, 0.29) is 53.6 Å². The van der Waals surface area contributed by atoms with Crippen LogP contribution in [0, 0.1) is 28.6 Å². The monoisotopic (exact) mass is 574 g/mol. The summed E-state index contributed by atoms with van der Waals surface area (Å²) in [5, 5.41) is 24.7. The fraction of sp³-hybridized carbons (Fsp3) is 0.875. The first-order chi connectivity index (χ1) is 19.3. The molecule has 228 valence electrons. The first-order valence-electron chi connectivity index (χ1n) is 15.8. The highest BCUT2D eigenvalue weighted by atomic mass is 16.8. The summed E-state index contributed by atoms with van der Waals surface area (Å²) in [7, 11) is 0. The second kappa shape index (κ2) is 9.32. The lowest BCUT2D eigenvalue weighted by Gasteiger charge is -2.65. The minimum atomic E-state index is -1.19. The van der Waals surface area contributed by atoms with Crippen LogP contribution in [0.25, 0.3) is 0 Å². The number of cyclic esters (lactones) is 1. The van der Waals surface area contributed by atoms with Gasteiger partial charge in [-0.3, -0.25) is 0 Å². The van der Waals surface area contributed by atoms with Crippen molar-refractivity contribution in [3.8, 4) is 0 Å². The SMILES string of the molecule is C[C@H]1O[C@@H](OC2CCC3(C=O)[C@H]4CCC5(C)C(C6=CC(=O)OC6)CCC5(O)[C@@H]4CCC3(O)C2)C[C@@H]2OC(C)(C)O[C@@H]21. The van der Waals surface area contributed by atoms with Crippen LogP contribution in [0.2, 0.25) is 0 Å². The van der Waals surface area contributed by atoms with E-state index >= 15 is 0 Å². The maximum absolute atomic E-state index is 13.1. The Morgan fingerprint density at radius 3 is 2.51 bits per heavy atom. The predicted molar refractivity (Wildman–Crippen MR) is 145 cm³/mol. The van der Waals surface area contributed by atoms with Crippen molar-refractivity contribution in [3.63, 3.8) is 0 Å². The van der Waals surface area contributed by atoms with Crippen LogP contribution in [-0.4, -0.2) is 76.8 Å². The van der Waals surface area contributed by atoms with Gasteiger partial charge >= 0.3 is 5.97 Å². The summed E-state index contributed by atoms with van der Waals surface area (Å²) >= 11 is 0. The Morgan fingerprint density at radius 1 is 1.00 bits per heavy atom. The second-order valence-corrected chi connectivity index (χ2v) is 14.9. The smallest absolute Gasteiger partial charge is 0.331 e. The Hall–Kier alpha value is -1.36. The van der Waals surface area contributed by atoms with Gasteiger partial charge in [-0.25, -0.2) is 4.79 Å². The van der Waals surface area contributed by atoms with Gasteiger partial charge in [0, 0.05) is 24.3 Å². The van der Waals surface area contributed by atoms with E-state index in [1.165, 1.54) is 0 Å². The van der Waals surface area contributed by atoms with Crippen molar-refractivity contribution in [3.05, 3.63) is 11.6 Å². The number of ether oxygens (including phenoxy) is 5. The third kappa shape index (κ3) is 4.02. The second-order valence-electron chi connectivity index (χ2n) is 14.9. The Balaban J connectivity index is 1.08. The number of esters is 1. The summed E-state index contributed by atoms with van der Waals surface area (Å²) in [5.41, 5.74) is -2.44. The summed E-state index contributed by atoms with van der Waals surface area (Å²) < 4.78 is 30.0. The molecule has 7 aliphatic rings. The van der Waals surface area contributed by atoms with Gasteiger partial charge in [-0.1, -0.05) is 6.92 Å². The van der Waals surface area contributed by atoms with Crippen LogP contribution < -0.4 is 0 Å². The third-order valence-corrected chi connectivity index (χ3v) is 12.7. The number of aliphatic hydroxyl groups is 2. The van der Waals surface area contributed by atoms with E-state index in [1.807, 2.05) is 20.8 Å². The lowest BCUT2D eigenvalue weighted by molar-refractivity contribution is -0.278. The van der Waals surface area contributed by atoms with Crippen molar-refractivity contribution < 1.29 is 43.5 Å². The van der Waals surface area contributed by atoms with Gasteiger partial charge in [0.25, 0.3) is 0 Å². The fourth-order valence-electron chi connectivity index (χ4n) is 10.7. The summed E-state index contributed by atoms with van der Waals surface area (Å²) in [4.78, 5) is 24.9. The van der Waals surface area contributed by atoms with Gasteiger partial charge < -0.3 is 38.7 Å². The third-order valence-electron chi connectivity index (χ3n) is 12.7. The summed E-state index contributed by atoms with van der Waals surface area (Å²) in [6.07, 6.45) is 7.78. The van der Waals surface area contributed by atoms with E-state index in [4.69, 9.17) is 23.7 Å². The van der Waals surface area contributed by atoms with Crippen LogP contribution in [-0.2, 0) is 33.3 Å². The van der Waals surface area contributed by atoms with Crippen LogP contribution in [0.1, 0.15) is 91.9 Å². The van der Waals surface area contributed by atoms with Gasteiger partial charge in [0.15, 0.2) is 12.1 Å². The molecule has 0 spiro atoms. The molecular formula is C32H46O9. The van der Waals surface area contributed by atoms with Crippen LogP contribution >= 0.6 is 0 Å². The standard InChI is InChI=1S/C32H46O9/c1-18-27-24(40-28(2,3)41-27)14-26(38-18)39-20-5-10-30(17-33)22-6-9-29(4)21(19-13-25(34)37-16-19)8-12-32(29,36)23(22)7-11-31(30,35)15-20/h13,17-18,20-24,26-27,35-36H,5-12,14-16H2,1-4H3/t18-,20?,21?,22+,23-,24+,26+,27-,29?,30?,31?,32?/m1/s1. The number of aldehydes is 1. The van der Waals surface area contributed by atoms with Crippen LogP contribution in [0.3, 0.4) is 0 Å². The molecule has 9 nitrogen and oxygen atoms in total. The van der Waals surface area contributed by atoms with Gasteiger partial charge in [0.2, 0.25) is 0 Å². The molecule has 9 heteroatoms. The quantitative estimate of drug-likeness (QED) is 0.295. The average Bonchev–Trinajstić information content (AvgIpc) is 3.55. The number of fused-ring (bicyclic) bond motifs is 6. The topological polar surface area (TPSA) is 121 Å². The molecular weight excluding hydrogens is 528 g/mol. The lowest BCUT2D eigenvalue weighted by Crippen LogP contribution is -2.69. The van der Waals surface area contributed by atoms with Gasteiger partial charge in [0.1, 0.15) is 19.0 Å². The fourth-order valence-corrected chi connectivity index (χ4v) is 10.7. The number of hydrogen-bond donors (Lipinski definition) is 2. The minimum absolute atomic E-state index is 0.0739. The highest BCUT2D eigenvalue weighted by Crippen LogP contribution is 2.70. The van der Waals surface area contributed by atoms with Crippen molar-refractivity contribution >= 4 is 12.3 Å².